The molecule has 6 aliphatic rings. The van der Waals surface area contributed by atoms with Gasteiger partial charge in [0.15, 0.2) is 23.1 Å². The fourth-order valence-electron chi connectivity index (χ4n) is 9.49. The third-order valence-corrected chi connectivity index (χ3v) is 12.2. The van der Waals surface area contributed by atoms with E-state index < -0.39 is 41.1 Å². The number of ether oxygens (including phenoxy) is 2. The molecule has 0 spiro atoms. The number of Topliss-reactive ketones (excluding diaryl/α,β-unsaturated/α-hetero) is 3. The van der Waals surface area contributed by atoms with Gasteiger partial charge < -0.3 is 19.3 Å². The van der Waals surface area contributed by atoms with Gasteiger partial charge in [-0.15, -0.1) is 0 Å². The molecule has 2 aromatic rings. The summed E-state index contributed by atoms with van der Waals surface area (Å²) in [6, 6.07) is 9.08. The first kappa shape index (κ1) is 33.5. The van der Waals surface area contributed by atoms with E-state index in [2.05, 4.69) is 33.6 Å². The lowest BCUT2D eigenvalue weighted by Gasteiger charge is -2.53. The number of hydrogen-bond donors (Lipinski definition) is 1. The number of nitrogens with zero attached hydrogens (tertiary/aromatic N) is 3. The number of amides is 1. The second kappa shape index (κ2) is 12.6. The van der Waals surface area contributed by atoms with E-state index in [4.69, 9.17) is 14.0 Å². The third-order valence-electron chi connectivity index (χ3n) is 12.2. The Bertz CT molecular complexity index is 1950. The van der Waals surface area contributed by atoms with Crippen molar-refractivity contribution in [3.05, 3.63) is 93.5 Å². The lowest BCUT2D eigenvalue weighted by atomic mass is 9.49. The van der Waals surface area contributed by atoms with E-state index in [-0.39, 0.29) is 41.5 Å². The molecule has 1 aliphatic heterocycles. The molecule has 7 unspecified atom stereocenters. The maximum absolute atomic E-state index is 15.0. The number of carbonyl (C=O) groups excluding carboxylic acids is 4. The van der Waals surface area contributed by atoms with Crippen LogP contribution >= 0.6 is 0 Å². The summed E-state index contributed by atoms with van der Waals surface area (Å²) in [5.74, 6) is -2.55. The predicted molar refractivity (Wildman–Crippen MR) is 186 cm³/mol. The van der Waals surface area contributed by atoms with Gasteiger partial charge in [0.2, 0.25) is 0 Å². The summed E-state index contributed by atoms with van der Waals surface area (Å²) in [6.45, 7) is 6.76. The van der Waals surface area contributed by atoms with E-state index in [1.807, 2.05) is 56.3 Å². The summed E-state index contributed by atoms with van der Waals surface area (Å²) in [5.41, 5.74) is 2.73. The summed E-state index contributed by atoms with van der Waals surface area (Å²) >= 11 is 0. The van der Waals surface area contributed by atoms with Crippen molar-refractivity contribution in [2.24, 2.45) is 35.0 Å². The highest BCUT2D eigenvalue weighted by Crippen LogP contribution is 2.61. The second-order valence-electron chi connectivity index (χ2n) is 15.3. The number of likely N-dealkylation sites (tertiary alicyclic amines) is 1. The van der Waals surface area contributed by atoms with Crippen molar-refractivity contribution in [2.45, 2.75) is 45.8 Å². The molecular weight excluding hydrogens is 648 g/mol. The van der Waals surface area contributed by atoms with Crippen LogP contribution in [0.25, 0.3) is 0 Å². The Balaban J connectivity index is 1.19. The van der Waals surface area contributed by atoms with Crippen LogP contribution in [0.15, 0.2) is 81.1 Å². The fraction of sp³-hybridized carbons (Fsp3) is 0.475. The zero-order chi connectivity index (χ0) is 35.8. The van der Waals surface area contributed by atoms with Crippen LogP contribution in [0.1, 0.15) is 60.8 Å². The van der Waals surface area contributed by atoms with Gasteiger partial charge in [-0.1, -0.05) is 54.1 Å². The topological polar surface area (TPSA) is 131 Å². The van der Waals surface area contributed by atoms with Crippen molar-refractivity contribution in [3.8, 4) is 5.88 Å². The lowest BCUT2D eigenvalue weighted by molar-refractivity contribution is -0.148. The Morgan fingerprint density at radius 3 is 2.59 bits per heavy atom. The number of benzene rings is 1. The first-order chi connectivity index (χ1) is 24.5. The van der Waals surface area contributed by atoms with Gasteiger partial charge in [-0.05, 0) is 82.5 Å². The number of rotatable bonds is 7. The SMILES string of the molecule is CNC(=O)OC1=C2CC3CC4C(N(C)C)c5onc(OCc6ccccc6)c5C(=O)C4(C)C(=O)C3C(=O)C2=C(C)C2C=C(CN3CCC3)C=CC12. The zero-order valence-corrected chi connectivity index (χ0v) is 29.7. The molecule has 1 aromatic carbocycles. The normalized spacial score (nSPS) is 31.3. The maximum atomic E-state index is 15.0. The van der Waals surface area contributed by atoms with E-state index >= 15 is 0 Å². The molecule has 1 aromatic heterocycles. The van der Waals surface area contributed by atoms with Gasteiger partial charge in [0.05, 0.1) is 17.4 Å². The van der Waals surface area contributed by atoms with Crippen LogP contribution < -0.4 is 10.1 Å². The van der Waals surface area contributed by atoms with Gasteiger partial charge in [-0.3, -0.25) is 24.2 Å². The van der Waals surface area contributed by atoms with Crippen molar-refractivity contribution in [2.75, 3.05) is 40.8 Å². The molecular formula is C40H44N4O7. The van der Waals surface area contributed by atoms with E-state index in [1.165, 1.54) is 13.5 Å². The van der Waals surface area contributed by atoms with Crippen LogP contribution in [-0.2, 0) is 20.9 Å². The monoisotopic (exact) mass is 692 g/mol. The van der Waals surface area contributed by atoms with Crippen LogP contribution in [0.2, 0.25) is 0 Å². The van der Waals surface area contributed by atoms with Crippen molar-refractivity contribution < 1.29 is 33.2 Å². The highest BCUT2D eigenvalue weighted by molar-refractivity contribution is 6.24. The first-order valence-electron chi connectivity index (χ1n) is 17.9. The number of nitrogens with one attached hydrogen (secondary N) is 1. The molecule has 266 valence electrons. The second-order valence-corrected chi connectivity index (χ2v) is 15.3. The summed E-state index contributed by atoms with van der Waals surface area (Å²) in [4.78, 5) is 61.7. The average Bonchev–Trinajstić information content (AvgIpc) is 3.52. The van der Waals surface area contributed by atoms with Gasteiger partial charge in [-0.25, -0.2) is 4.79 Å². The van der Waals surface area contributed by atoms with Crippen LogP contribution in [0, 0.1) is 35.0 Å². The Hall–Kier alpha value is -4.61. The molecule has 51 heavy (non-hydrogen) atoms. The summed E-state index contributed by atoms with van der Waals surface area (Å²) in [7, 11) is 5.29. The van der Waals surface area contributed by atoms with Crippen LogP contribution in [0.5, 0.6) is 5.88 Å². The molecule has 2 saturated carbocycles. The largest absolute Gasteiger partial charge is 0.470 e. The highest BCUT2D eigenvalue weighted by atomic mass is 16.6. The Labute approximate surface area is 297 Å². The molecule has 11 heteroatoms. The summed E-state index contributed by atoms with van der Waals surface area (Å²) < 4.78 is 17.9. The number of allylic oxidation sites excluding steroid dienone is 5. The van der Waals surface area contributed by atoms with Crippen molar-refractivity contribution in [1.29, 1.82) is 0 Å². The zero-order valence-electron chi connectivity index (χ0n) is 29.7. The maximum Gasteiger partial charge on any atom is 0.412 e. The number of alkyl carbamates (subject to hydrolysis) is 1. The molecule has 11 nitrogen and oxygen atoms in total. The van der Waals surface area contributed by atoms with E-state index in [9.17, 15) is 19.2 Å². The Morgan fingerprint density at radius 1 is 1.14 bits per heavy atom. The highest BCUT2D eigenvalue weighted by Gasteiger charge is 2.66. The van der Waals surface area contributed by atoms with Crippen LogP contribution in [0.4, 0.5) is 4.79 Å². The van der Waals surface area contributed by atoms with E-state index in [0.717, 1.165) is 36.3 Å². The average molecular weight is 693 g/mol. The number of hydrogen-bond acceptors (Lipinski definition) is 10. The molecule has 0 bridgehead atoms. The van der Waals surface area contributed by atoms with Crippen LogP contribution in [-0.4, -0.2) is 79.2 Å². The van der Waals surface area contributed by atoms with Crippen molar-refractivity contribution >= 4 is 23.4 Å². The standard InChI is InChI=1S/C40H44N4O7/c1-21-26-16-23(19-44-14-9-15-44)12-13-25(26)34(50-39(48)41-3)27-17-24-18-28-32(43(4)5)35-31(38(42-51-35)49-20-22-10-7-6-8-11-22)37(47)40(28,2)36(46)30(24)33(45)29(21)27/h6-8,10-13,16,24-26,28,30,32H,9,14-15,17-20H2,1-5H3,(H,41,48). The Kier molecular flexibility index (Phi) is 8.26. The summed E-state index contributed by atoms with van der Waals surface area (Å²) in [6.07, 6.45) is 7.76. The van der Waals surface area contributed by atoms with Gasteiger partial charge >= 0.3 is 6.09 Å². The van der Waals surface area contributed by atoms with Gasteiger partial charge in [0.1, 0.15) is 17.9 Å². The Morgan fingerprint density at radius 2 is 1.90 bits per heavy atom. The van der Waals surface area contributed by atoms with Crippen molar-refractivity contribution in [3.63, 3.8) is 0 Å². The van der Waals surface area contributed by atoms with Gasteiger partial charge in [0.25, 0.3) is 5.88 Å². The van der Waals surface area contributed by atoms with Gasteiger partial charge in [0, 0.05) is 42.5 Å². The minimum atomic E-state index is -1.51. The molecule has 0 radical (unpaired) electrons. The molecule has 1 N–H and O–H groups in total. The molecule has 5 aliphatic carbocycles. The van der Waals surface area contributed by atoms with Crippen molar-refractivity contribution in [1.82, 2.24) is 20.3 Å². The molecule has 3 fully saturated rings. The third kappa shape index (κ3) is 5.18. The molecule has 8 rings (SSSR count). The van der Waals surface area contributed by atoms with Gasteiger partial charge in [-0.2, -0.15) is 0 Å². The number of aromatic nitrogens is 1. The lowest BCUT2D eigenvalue weighted by Crippen LogP contribution is -2.60. The molecule has 2 heterocycles. The number of carbonyl (C=O) groups is 4. The predicted octanol–water partition coefficient (Wildman–Crippen LogP) is 5.23. The number of ketones is 3. The summed E-state index contributed by atoms with van der Waals surface area (Å²) in [5, 5.41) is 6.77. The minimum Gasteiger partial charge on any atom is -0.470 e. The first-order valence-corrected chi connectivity index (χ1v) is 17.9. The van der Waals surface area contributed by atoms with E-state index in [1.54, 1.807) is 6.92 Å². The van der Waals surface area contributed by atoms with Crippen LogP contribution in [0.3, 0.4) is 0 Å². The quantitative estimate of drug-likeness (QED) is 0.385. The molecule has 1 saturated heterocycles. The fourth-order valence-corrected chi connectivity index (χ4v) is 9.49. The minimum absolute atomic E-state index is 0.0551. The van der Waals surface area contributed by atoms with E-state index in [0.29, 0.717) is 35.5 Å². The number of fused-ring (bicyclic) bond motifs is 5. The molecule has 7 atom stereocenters. The molecule has 1 amide bonds. The smallest absolute Gasteiger partial charge is 0.412 e.